The molecule has 1 rings (SSSR count). The third kappa shape index (κ3) is 0.379. The molecule has 0 aliphatic carbocycles. The standard InChI is InChI=1S/C4H7NO/c1-2-3-4(6)5-3/h3H,2H2,1H3,(H,5,6). The van der Waals surface area contributed by atoms with Crippen LogP contribution in [0.2, 0.25) is 0 Å². The second-order valence-corrected chi connectivity index (χ2v) is 1.47. The van der Waals surface area contributed by atoms with Gasteiger partial charge in [-0.2, -0.15) is 0 Å². The fourth-order valence-corrected chi connectivity index (χ4v) is 0.418. The maximum absolute atomic E-state index is 10.0. The third-order valence-electron chi connectivity index (χ3n) is 0.958. The molecule has 2 heteroatoms. The minimum absolute atomic E-state index is 0.206. The second-order valence-electron chi connectivity index (χ2n) is 1.47. The lowest BCUT2D eigenvalue weighted by Gasteiger charge is -1.68. The number of nitrogens with one attached hydrogen (secondary N) is 1. The Bertz CT molecular complexity index is 79.6. The first-order valence-electron chi connectivity index (χ1n) is 2.15. The van der Waals surface area contributed by atoms with Gasteiger partial charge in [-0.1, -0.05) is 6.92 Å². The summed E-state index contributed by atoms with van der Waals surface area (Å²) in [4.78, 5) is 10.0. The number of hydrogen-bond donors (Lipinski definition) is 1. The summed E-state index contributed by atoms with van der Waals surface area (Å²) in [5.74, 6) is 0.206. The Morgan fingerprint density at radius 1 is 2.00 bits per heavy atom. The highest BCUT2D eigenvalue weighted by Crippen LogP contribution is 2.02. The summed E-state index contributed by atoms with van der Waals surface area (Å²) in [7, 11) is 0. The van der Waals surface area contributed by atoms with Gasteiger partial charge in [-0.05, 0) is 6.42 Å². The molecule has 1 aliphatic heterocycles. The summed E-state index contributed by atoms with van der Waals surface area (Å²) in [6, 6.07) is 0.213. The van der Waals surface area contributed by atoms with E-state index in [9.17, 15) is 4.79 Å². The first-order chi connectivity index (χ1) is 2.84. The molecule has 1 atom stereocenters. The minimum atomic E-state index is 0.206. The summed E-state index contributed by atoms with van der Waals surface area (Å²) >= 11 is 0. The van der Waals surface area contributed by atoms with Gasteiger partial charge in [0.15, 0.2) is 0 Å². The number of amides is 1. The third-order valence-corrected chi connectivity index (χ3v) is 0.958. The van der Waals surface area contributed by atoms with Crippen LogP contribution in [-0.2, 0) is 4.79 Å². The molecule has 0 radical (unpaired) electrons. The molecule has 1 aliphatic rings. The predicted molar refractivity (Wildman–Crippen MR) is 22.2 cm³/mol. The molecule has 1 unspecified atom stereocenters. The van der Waals surface area contributed by atoms with E-state index in [-0.39, 0.29) is 11.9 Å². The Hall–Kier alpha value is -0.530. The summed E-state index contributed by atoms with van der Waals surface area (Å²) < 4.78 is 0. The first-order valence-corrected chi connectivity index (χ1v) is 2.15. The zero-order chi connectivity index (χ0) is 4.57. The number of rotatable bonds is 1. The van der Waals surface area contributed by atoms with Crippen molar-refractivity contribution in [1.29, 1.82) is 0 Å². The lowest BCUT2D eigenvalue weighted by atomic mass is 10.4. The second kappa shape index (κ2) is 0.965. The molecule has 6 heavy (non-hydrogen) atoms. The maximum Gasteiger partial charge on any atom is 0.243 e. The van der Waals surface area contributed by atoms with Gasteiger partial charge in [0, 0.05) is 0 Å². The quantitative estimate of drug-likeness (QED) is 0.443. The number of carbonyl (C=O) groups excluding carboxylic acids is 1. The van der Waals surface area contributed by atoms with Crippen molar-refractivity contribution in [3.05, 3.63) is 0 Å². The smallest absolute Gasteiger partial charge is 0.243 e. The zero-order valence-electron chi connectivity index (χ0n) is 3.69. The van der Waals surface area contributed by atoms with Gasteiger partial charge >= 0.3 is 0 Å². The van der Waals surface area contributed by atoms with E-state index in [0.29, 0.717) is 0 Å². The first kappa shape index (κ1) is 3.65. The topological polar surface area (TPSA) is 39.0 Å². The van der Waals surface area contributed by atoms with Crippen molar-refractivity contribution < 1.29 is 4.79 Å². The molecule has 0 aromatic heterocycles. The Kier molecular flexibility index (Phi) is 0.587. The molecule has 0 aromatic carbocycles. The van der Waals surface area contributed by atoms with Gasteiger partial charge in [-0.3, -0.25) is 4.79 Å². The summed E-state index contributed by atoms with van der Waals surface area (Å²) in [6.07, 6.45) is 0.943. The normalized spacial score (nSPS) is 29.5. The largest absolute Gasteiger partial charge is 0.343 e. The average Bonchev–Trinajstić information content (AvgIpc) is 2.19. The van der Waals surface area contributed by atoms with E-state index in [1.165, 1.54) is 0 Å². The van der Waals surface area contributed by atoms with E-state index in [1.54, 1.807) is 0 Å². The highest BCUT2D eigenvalue weighted by Gasteiger charge is 2.30. The fraction of sp³-hybridized carbons (Fsp3) is 0.750. The van der Waals surface area contributed by atoms with Crippen LogP contribution >= 0.6 is 0 Å². The van der Waals surface area contributed by atoms with Crippen LogP contribution in [0.15, 0.2) is 0 Å². The average molecular weight is 85.1 g/mol. The lowest BCUT2D eigenvalue weighted by molar-refractivity contribution is -0.111. The Labute approximate surface area is 36.5 Å². The molecule has 0 saturated carbocycles. The predicted octanol–water partition coefficient (Wildman–Crippen LogP) is -0.105. The van der Waals surface area contributed by atoms with Crippen molar-refractivity contribution in [2.45, 2.75) is 19.4 Å². The molecule has 2 nitrogen and oxygen atoms in total. The van der Waals surface area contributed by atoms with Gasteiger partial charge in [0.1, 0.15) is 6.04 Å². The molecule has 1 N–H and O–H groups in total. The zero-order valence-corrected chi connectivity index (χ0v) is 3.69. The van der Waals surface area contributed by atoms with Crippen LogP contribution in [0.3, 0.4) is 0 Å². The Balaban J connectivity index is 2.26. The molecule has 1 saturated heterocycles. The van der Waals surface area contributed by atoms with E-state index >= 15 is 0 Å². The molecule has 1 amide bonds. The van der Waals surface area contributed by atoms with Crippen LogP contribution in [0.4, 0.5) is 0 Å². The number of carbonyl (C=O) groups is 1. The van der Waals surface area contributed by atoms with Crippen LogP contribution in [0.25, 0.3) is 0 Å². The molecule has 1 fully saturated rings. The van der Waals surface area contributed by atoms with E-state index in [1.807, 2.05) is 6.92 Å². The molecule has 0 aromatic rings. The number of hydrogen-bond acceptors (Lipinski definition) is 1. The molecular weight excluding hydrogens is 78.0 g/mol. The van der Waals surface area contributed by atoms with Gasteiger partial charge in [0.2, 0.25) is 5.91 Å². The van der Waals surface area contributed by atoms with Crippen molar-refractivity contribution in [3.63, 3.8) is 0 Å². The van der Waals surface area contributed by atoms with Gasteiger partial charge in [0.05, 0.1) is 0 Å². The summed E-state index contributed by atoms with van der Waals surface area (Å²) in [5, 5.41) is 2.64. The minimum Gasteiger partial charge on any atom is -0.343 e. The molecule has 0 bridgehead atoms. The van der Waals surface area contributed by atoms with E-state index < -0.39 is 0 Å². The summed E-state index contributed by atoms with van der Waals surface area (Å²) in [6.45, 7) is 1.99. The molecule has 0 spiro atoms. The van der Waals surface area contributed by atoms with Crippen molar-refractivity contribution in [3.8, 4) is 0 Å². The van der Waals surface area contributed by atoms with Crippen LogP contribution in [-0.4, -0.2) is 11.9 Å². The molecule has 34 valence electrons. The maximum atomic E-state index is 10.0. The van der Waals surface area contributed by atoms with Crippen LogP contribution in [0.5, 0.6) is 0 Å². The van der Waals surface area contributed by atoms with Gasteiger partial charge in [0.25, 0.3) is 0 Å². The Morgan fingerprint density at radius 2 is 2.50 bits per heavy atom. The van der Waals surface area contributed by atoms with Crippen LogP contribution < -0.4 is 5.32 Å². The van der Waals surface area contributed by atoms with Crippen LogP contribution in [0, 0.1) is 0 Å². The van der Waals surface area contributed by atoms with Gasteiger partial charge < -0.3 is 5.32 Å². The SMILES string of the molecule is CCC1NC1=O. The van der Waals surface area contributed by atoms with Crippen molar-refractivity contribution in [2.24, 2.45) is 0 Å². The van der Waals surface area contributed by atoms with Crippen molar-refractivity contribution in [2.75, 3.05) is 0 Å². The molecule has 1 heterocycles. The van der Waals surface area contributed by atoms with E-state index in [0.717, 1.165) is 6.42 Å². The lowest BCUT2D eigenvalue weighted by Crippen LogP contribution is -1.82. The Morgan fingerprint density at radius 3 is 2.50 bits per heavy atom. The van der Waals surface area contributed by atoms with Crippen LogP contribution in [0.1, 0.15) is 13.3 Å². The van der Waals surface area contributed by atoms with Gasteiger partial charge in [-0.15, -0.1) is 0 Å². The van der Waals surface area contributed by atoms with E-state index in [4.69, 9.17) is 0 Å². The highest BCUT2D eigenvalue weighted by molar-refractivity contribution is 5.96. The molecular formula is C4H7NO. The van der Waals surface area contributed by atoms with Gasteiger partial charge in [-0.25, -0.2) is 0 Å². The van der Waals surface area contributed by atoms with Crippen molar-refractivity contribution >= 4 is 5.91 Å². The van der Waals surface area contributed by atoms with Crippen molar-refractivity contribution in [1.82, 2.24) is 5.32 Å². The van der Waals surface area contributed by atoms with E-state index in [2.05, 4.69) is 5.32 Å². The summed E-state index contributed by atoms with van der Waals surface area (Å²) in [5.41, 5.74) is 0. The monoisotopic (exact) mass is 85.1 g/mol. The fourth-order valence-electron chi connectivity index (χ4n) is 0.418. The highest BCUT2D eigenvalue weighted by atomic mass is 16.2.